The van der Waals surface area contributed by atoms with Gasteiger partial charge in [-0.25, -0.2) is 4.39 Å². The van der Waals surface area contributed by atoms with Gasteiger partial charge in [-0.3, -0.25) is 5.09 Å². The molecule has 0 fully saturated rings. The Hall–Kier alpha value is -1.62. The van der Waals surface area contributed by atoms with Crippen molar-refractivity contribution >= 4 is 40.3 Å². The van der Waals surface area contributed by atoms with E-state index in [2.05, 4.69) is 38.0 Å². The van der Waals surface area contributed by atoms with Crippen molar-refractivity contribution in [2.45, 2.75) is 84.4 Å². The Morgan fingerprint density at radius 2 is 1.83 bits per heavy atom. The minimum Gasteiger partial charge on any atom is -0.288 e. The van der Waals surface area contributed by atoms with Crippen LogP contribution in [0.25, 0.3) is 15.7 Å². The van der Waals surface area contributed by atoms with Crippen LogP contribution in [-0.2, 0) is 0 Å². The van der Waals surface area contributed by atoms with Gasteiger partial charge in [-0.15, -0.1) is 17.9 Å². The van der Waals surface area contributed by atoms with E-state index in [0.717, 1.165) is 58.2 Å². The van der Waals surface area contributed by atoms with E-state index in [0.29, 0.717) is 5.56 Å². The van der Waals surface area contributed by atoms with Crippen molar-refractivity contribution in [2.75, 3.05) is 6.16 Å². The second-order valence-electron chi connectivity index (χ2n) is 8.91. The van der Waals surface area contributed by atoms with E-state index >= 15 is 4.39 Å². The van der Waals surface area contributed by atoms with E-state index in [4.69, 9.17) is 0 Å². The normalized spacial score (nSPS) is 14.9. The van der Waals surface area contributed by atoms with Gasteiger partial charge in [0.05, 0.1) is 0 Å². The summed E-state index contributed by atoms with van der Waals surface area (Å²) in [6, 6.07) is 6.92. The van der Waals surface area contributed by atoms with Gasteiger partial charge < -0.3 is 0 Å². The Morgan fingerprint density at radius 3 is 2.42 bits per heavy atom. The van der Waals surface area contributed by atoms with Crippen molar-refractivity contribution in [3.05, 3.63) is 66.1 Å². The van der Waals surface area contributed by atoms with E-state index in [1.807, 2.05) is 39.0 Å². The summed E-state index contributed by atoms with van der Waals surface area (Å²) in [5.74, 6) is -1.62. The largest absolute Gasteiger partial charge is 0.389 e. The van der Waals surface area contributed by atoms with Crippen molar-refractivity contribution in [1.29, 1.82) is 0 Å². The molecule has 0 aliphatic carbocycles. The highest BCUT2D eigenvalue weighted by Crippen LogP contribution is 2.58. The molecule has 0 aliphatic heterocycles. The number of hydrogen-bond donors (Lipinski definition) is 1. The number of unbranched alkanes of at least 4 members (excludes halogenated alkanes) is 1. The Balaban J connectivity index is 0.00000316. The molecule has 0 spiro atoms. The first-order valence-electron chi connectivity index (χ1n) is 12.6. The van der Waals surface area contributed by atoms with Gasteiger partial charge in [-0.05, 0) is 80.5 Å². The molecule has 1 heterocycles. The second kappa shape index (κ2) is 15.0. The van der Waals surface area contributed by atoms with Gasteiger partial charge in [0, 0.05) is 22.0 Å². The Morgan fingerprint density at radius 1 is 1.17 bits per heavy atom. The molecule has 0 saturated heterocycles. The zero-order valence-electron chi connectivity index (χ0n) is 22.2. The maximum atomic E-state index is 16.0. The zero-order chi connectivity index (χ0) is 27.5. The molecule has 0 saturated carbocycles. The average molecular weight is 544 g/mol. The van der Waals surface area contributed by atoms with Gasteiger partial charge >= 0.3 is 6.18 Å². The van der Waals surface area contributed by atoms with Crippen LogP contribution in [0.4, 0.5) is 17.6 Å². The van der Waals surface area contributed by atoms with E-state index in [9.17, 15) is 13.2 Å². The number of allylic oxidation sites excluding steroid dienone is 2. The van der Waals surface area contributed by atoms with Crippen LogP contribution in [-0.4, -0.2) is 24.7 Å². The van der Waals surface area contributed by atoms with Crippen LogP contribution < -0.4 is 5.09 Å². The summed E-state index contributed by atoms with van der Waals surface area (Å²) < 4.78 is 56.3. The molecule has 1 N–H and O–H groups in total. The third-order valence-corrected chi connectivity index (χ3v) is 10.3. The van der Waals surface area contributed by atoms with Crippen molar-refractivity contribution in [3.8, 4) is 0 Å². The summed E-state index contributed by atoms with van der Waals surface area (Å²) in [6.07, 6.45) is 4.39. The smallest absolute Gasteiger partial charge is 0.288 e. The molecule has 7 heteroatoms. The summed E-state index contributed by atoms with van der Waals surface area (Å²) in [4.78, 5) is 1.02. The lowest BCUT2D eigenvalue weighted by Gasteiger charge is -2.34. The molecule has 1 nitrogen and oxygen atoms in total. The van der Waals surface area contributed by atoms with Crippen LogP contribution in [0.15, 0.2) is 55.7 Å². The minimum atomic E-state index is -4.37. The first kappa shape index (κ1) is 32.4. The Bertz CT molecular complexity index is 1050. The molecule has 3 atom stereocenters. The molecule has 0 bridgehead atoms. The molecule has 36 heavy (non-hydrogen) atoms. The van der Waals surface area contributed by atoms with Gasteiger partial charge in [-0.1, -0.05) is 64.4 Å². The molecule has 1 aromatic carbocycles. The molecule has 0 amide bonds. The predicted molar refractivity (Wildman–Crippen MR) is 156 cm³/mol. The van der Waals surface area contributed by atoms with Crippen LogP contribution in [0.3, 0.4) is 0 Å². The Labute approximate surface area is 219 Å². The zero-order valence-corrected chi connectivity index (χ0v) is 23.9. The summed E-state index contributed by atoms with van der Waals surface area (Å²) >= 11 is 1.58. The van der Waals surface area contributed by atoms with Crippen LogP contribution in [0, 0.1) is 0 Å². The van der Waals surface area contributed by atoms with Crippen LogP contribution in [0.5, 0.6) is 0 Å². The maximum absolute atomic E-state index is 16.0. The maximum Gasteiger partial charge on any atom is 0.389 e. The molecule has 2 rings (SSSR count). The monoisotopic (exact) mass is 543 g/mol. The van der Waals surface area contributed by atoms with Gasteiger partial charge in [0.25, 0.3) is 0 Å². The molecule has 202 valence electrons. The summed E-state index contributed by atoms with van der Waals surface area (Å²) in [5, 5.41) is 4.04. The van der Waals surface area contributed by atoms with E-state index in [-0.39, 0.29) is 12.2 Å². The summed E-state index contributed by atoms with van der Waals surface area (Å²) in [7, 11) is -3.10. The predicted octanol–water partition coefficient (Wildman–Crippen LogP) is 10.9. The fourth-order valence-electron chi connectivity index (χ4n) is 3.74. The van der Waals surface area contributed by atoms with E-state index < -0.39 is 25.5 Å². The van der Waals surface area contributed by atoms with Gasteiger partial charge in [0.1, 0.15) is 0 Å². The first-order chi connectivity index (χ1) is 16.9. The number of benzene rings is 1. The van der Waals surface area contributed by atoms with Crippen LogP contribution >= 0.6 is 18.4 Å². The van der Waals surface area contributed by atoms with Crippen molar-refractivity contribution in [2.24, 2.45) is 0 Å². The lowest BCUT2D eigenvalue weighted by Crippen LogP contribution is -2.29. The number of rotatable bonds is 14. The molecule has 0 aliphatic rings. The molecule has 0 radical (unpaired) electrons. The third kappa shape index (κ3) is 9.68. The number of fused-ring (bicyclic) bond motifs is 1. The molecule has 1 aromatic heterocycles. The number of halogens is 4. The number of nitrogens with one attached hydrogen (secondary N) is 1. The molecule has 3 unspecified atom stereocenters. The van der Waals surface area contributed by atoms with E-state index in [1.54, 1.807) is 23.5 Å². The number of thiophene rings is 1. The minimum absolute atomic E-state index is 0.312. The first-order valence-corrected chi connectivity index (χ1v) is 15.7. The topological polar surface area (TPSA) is 12.0 Å². The fourth-order valence-corrected chi connectivity index (χ4v) is 7.60. The van der Waals surface area contributed by atoms with Crippen LogP contribution in [0.1, 0.15) is 82.6 Å². The molecule has 2 aromatic rings. The van der Waals surface area contributed by atoms with Gasteiger partial charge in [0.2, 0.25) is 0 Å². The lowest BCUT2D eigenvalue weighted by molar-refractivity contribution is -0.129. The number of alkyl halides is 4. The average Bonchev–Trinajstić information content (AvgIpc) is 3.28. The summed E-state index contributed by atoms with van der Waals surface area (Å²) in [5.41, 5.74) is 2.22. The van der Waals surface area contributed by atoms with Gasteiger partial charge in [0.15, 0.2) is 5.91 Å². The van der Waals surface area contributed by atoms with E-state index in [1.165, 1.54) is 0 Å². The van der Waals surface area contributed by atoms with Gasteiger partial charge in [-0.2, -0.15) is 13.2 Å². The Kier molecular flexibility index (Phi) is 13.5. The fraction of sp³-hybridized carbons (Fsp3) is 0.483. The highest BCUT2D eigenvalue weighted by molar-refractivity contribution is 7.72. The lowest BCUT2D eigenvalue weighted by atomic mass is 10.1. The SMILES string of the molecule is C=CCCC(=C)c1cc2cc(C(F)P(=C)(CCC(F)(F)F)NC(C)C(=C)CCCC)ccc2s1.CC. The standard InChI is InChI=1S/C27H36F4NPS.C2H6/c1-7-9-11-19(3)21(5)32-33(6,16-15-27(29,30)31)26(28)22-13-14-24-23(17-22)18-25(34-24)20(4)12-10-8-2;1-2/h8,13-14,17-18,21,26,32H,2-4,6-7,9-12,15-16H2,1,5H3;1-2H3. The molecular formula is C29H42F4NPS. The van der Waals surface area contributed by atoms with Crippen LogP contribution in [0.2, 0.25) is 0 Å². The highest BCUT2D eigenvalue weighted by Gasteiger charge is 2.35. The quantitative estimate of drug-likeness (QED) is 0.142. The molecular weight excluding hydrogens is 501 g/mol. The second-order valence-corrected chi connectivity index (χ2v) is 13.2. The number of hydrogen-bond acceptors (Lipinski definition) is 2. The highest BCUT2D eigenvalue weighted by atomic mass is 32.1. The van der Waals surface area contributed by atoms with Crippen molar-refractivity contribution in [1.82, 2.24) is 5.09 Å². The third-order valence-electron chi connectivity index (χ3n) is 5.96. The van der Waals surface area contributed by atoms with Crippen molar-refractivity contribution in [3.63, 3.8) is 0 Å². The van der Waals surface area contributed by atoms with Crippen molar-refractivity contribution < 1.29 is 17.6 Å². The summed E-state index contributed by atoms with van der Waals surface area (Å²) in [6.45, 7) is 19.8.